The van der Waals surface area contributed by atoms with Gasteiger partial charge in [0.2, 0.25) is 0 Å². The average molecular weight is 230 g/mol. The van der Waals surface area contributed by atoms with Crippen LogP contribution in [0.5, 0.6) is 0 Å². The summed E-state index contributed by atoms with van der Waals surface area (Å²) in [5.74, 6) is 1.05. The second-order valence-corrected chi connectivity index (χ2v) is 5.93. The van der Waals surface area contributed by atoms with Crippen LogP contribution in [0, 0.1) is 0 Å². The second-order valence-electron chi connectivity index (χ2n) is 3.48. The van der Waals surface area contributed by atoms with Gasteiger partial charge >= 0.3 is 0 Å². The summed E-state index contributed by atoms with van der Waals surface area (Å²) in [5.41, 5.74) is 7.89. The zero-order valence-corrected chi connectivity index (χ0v) is 10.4. The molecule has 1 aromatic heterocycles. The Hall–Kier alpha value is -0.0600. The quantitative estimate of drug-likeness (QED) is 0.816. The monoisotopic (exact) mass is 230 g/mol. The third-order valence-electron chi connectivity index (χ3n) is 2.12. The molecule has 0 aliphatic carbocycles. The summed E-state index contributed by atoms with van der Waals surface area (Å²) >= 11 is 3.66. The Bertz CT molecular complexity index is 236. The largest absolute Gasteiger partial charge is 0.327 e. The lowest BCUT2D eigenvalue weighted by molar-refractivity contribution is 0.752. The topological polar surface area (TPSA) is 38.9 Å². The molecule has 0 aliphatic rings. The first-order valence-corrected chi connectivity index (χ1v) is 6.89. The van der Waals surface area contributed by atoms with E-state index in [0.29, 0.717) is 0 Å². The first-order valence-electron chi connectivity index (χ1n) is 4.97. The average Bonchev–Trinajstić information content (AvgIpc) is 2.66. The highest BCUT2D eigenvalue weighted by atomic mass is 32.2. The van der Waals surface area contributed by atoms with Crippen molar-refractivity contribution < 1.29 is 0 Å². The summed E-state index contributed by atoms with van der Waals surface area (Å²) in [6, 6.07) is 0.273. The molecule has 14 heavy (non-hydrogen) atoms. The zero-order chi connectivity index (χ0) is 10.4. The Morgan fingerprint density at radius 2 is 2.43 bits per heavy atom. The first kappa shape index (κ1) is 12.0. The molecule has 0 spiro atoms. The normalized spacial score (nSPS) is 15.4. The van der Waals surface area contributed by atoms with E-state index in [0.717, 1.165) is 17.4 Å². The standard InChI is InChI=1S/C10H18N2S2/c1-3-8(2)13-6-9(11)4-10-5-12-7-14-10/h5,7-9H,3-4,6,11H2,1-2H3. The number of thiazole rings is 1. The molecular formula is C10H18N2S2. The molecule has 0 fully saturated rings. The van der Waals surface area contributed by atoms with Crippen LogP contribution in [0.1, 0.15) is 25.1 Å². The minimum absolute atomic E-state index is 0.273. The smallest absolute Gasteiger partial charge is 0.0794 e. The number of hydrogen-bond donors (Lipinski definition) is 1. The zero-order valence-electron chi connectivity index (χ0n) is 8.77. The van der Waals surface area contributed by atoms with Crippen molar-refractivity contribution >= 4 is 23.1 Å². The molecule has 1 rings (SSSR count). The maximum Gasteiger partial charge on any atom is 0.0794 e. The van der Waals surface area contributed by atoms with Crippen molar-refractivity contribution in [2.75, 3.05) is 5.75 Å². The van der Waals surface area contributed by atoms with Gasteiger partial charge in [0.15, 0.2) is 0 Å². The molecule has 2 unspecified atom stereocenters. The Kier molecular flexibility index (Phi) is 5.52. The minimum Gasteiger partial charge on any atom is -0.327 e. The summed E-state index contributed by atoms with van der Waals surface area (Å²) in [6.45, 7) is 4.47. The minimum atomic E-state index is 0.273. The van der Waals surface area contributed by atoms with Gasteiger partial charge in [0.05, 0.1) is 5.51 Å². The Morgan fingerprint density at radius 1 is 1.64 bits per heavy atom. The first-order chi connectivity index (χ1) is 6.72. The van der Waals surface area contributed by atoms with Crippen LogP contribution in [-0.2, 0) is 6.42 Å². The molecule has 1 aromatic rings. The fraction of sp³-hybridized carbons (Fsp3) is 0.700. The predicted octanol–water partition coefficient (Wildman–Crippen LogP) is 2.54. The van der Waals surface area contributed by atoms with Crippen molar-refractivity contribution in [2.45, 2.75) is 38.0 Å². The van der Waals surface area contributed by atoms with Crippen molar-refractivity contribution in [3.8, 4) is 0 Å². The van der Waals surface area contributed by atoms with Crippen LogP contribution in [0.3, 0.4) is 0 Å². The van der Waals surface area contributed by atoms with E-state index in [2.05, 4.69) is 18.8 Å². The molecule has 1 heterocycles. The molecule has 0 amide bonds. The molecule has 0 aliphatic heterocycles. The lowest BCUT2D eigenvalue weighted by Gasteiger charge is -2.13. The molecule has 0 saturated heterocycles. The van der Waals surface area contributed by atoms with Crippen LogP contribution in [-0.4, -0.2) is 22.0 Å². The van der Waals surface area contributed by atoms with E-state index >= 15 is 0 Å². The third-order valence-corrected chi connectivity index (χ3v) is 4.44. The predicted molar refractivity (Wildman–Crippen MR) is 66.0 cm³/mol. The molecule has 2 nitrogen and oxygen atoms in total. The van der Waals surface area contributed by atoms with Crippen LogP contribution >= 0.6 is 23.1 Å². The lowest BCUT2D eigenvalue weighted by Crippen LogP contribution is -2.26. The van der Waals surface area contributed by atoms with Crippen LogP contribution in [0.2, 0.25) is 0 Å². The van der Waals surface area contributed by atoms with E-state index in [1.165, 1.54) is 11.3 Å². The summed E-state index contributed by atoms with van der Waals surface area (Å²) in [7, 11) is 0. The highest BCUT2D eigenvalue weighted by Gasteiger charge is 2.07. The molecule has 2 atom stereocenters. The van der Waals surface area contributed by atoms with Gasteiger partial charge in [-0.2, -0.15) is 11.8 Å². The fourth-order valence-electron chi connectivity index (χ4n) is 1.07. The molecule has 4 heteroatoms. The van der Waals surface area contributed by atoms with Crippen molar-refractivity contribution in [1.29, 1.82) is 0 Å². The summed E-state index contributed by atoms with van der Waals surface area (Å²) in [6.07, 6.45) is 4.10. The number of thioether (sulfide) groups is 1. The van der Waals surface area contributed by atoms with Crippen molar-refractivity contribution in [3.63, 3.8) is 0 Å². The van der Waals surface area contributed by atoms with Crippen LogP contribution in [0.4, 0.5) is 0 Å². The summed E-state index contributed by atoms with van der Waals surface area (Å²) < 4.78 is 0. The van der Waals surface area contributed by atoms with Crippen LogP contribution in [0.15, 0.2) is 11.7 Å². The Morgan fingerprint density at radius 3 is 3.00 bits per heavy atom. The number of hydrogen-bond acceptors (Lipinski definition) is 4. The van der Waals surface area contributed by atoms with Crippen molar-refractivity contribution in [1.82, 2.24) is 4.98 Å². The van der Waals surface area contributed by atoms with Gasteiger partial charge in [0.25, 0.3) is 0 Å². The maximum atomic E-state index is 6.03. The second kappa shape index (κ2) is 6.43. The highest BCUT2D eigenvalue weighted by Crippen LogP contribution is 2.16. The van der Waals surface area contributed by atoms with E-state index in [1.54, 1.807) is 11.3 Å². The van der Waals surface area contributed by atoms with Crippen LogP contribution < -0.4 is 5.73 Å². The Labute approximate surface area is 94.3 Å². The SMILES string of the molecule is CCC(C)SCC(N)Cc1cncs1. The third kappa shape index (κ3) is 4.44. The summed E-state index contributed by atoms with van der Waals surface area (Å²) in [4.78, 5) is 5.34. The van der Waals surface area contributed by atoms with Crippen molar-refractivity contribution in [2.24, 2.45) is 5.73 Å². The number of aromatic nitrogens is 1. The fourth-order valence-corrected chi connectivity index (χ4v) is 2.68. The van der Waals surface area contributed by atoms with Gasteiger partial charge in [0.1, 0.15) is 0 Å². The van der Waals surface area contributed by atoms with E-state index in [1.807, 2.05) is 23.5 Å². The van der Waals surface area contributed by atoms with E-state index in [9.17, 15) is 0 Å². The van der Waals surface area contributed by atoms with Gasteiger partial charge in [-0.1, -0.05) is 13.8 Å². The molecule has 80 valence electrons. The van der Waals surface area contributed by atoms with Gasteiger partial charge in [-0.3, -0.25) is 4.98 Å². The van der Waals surface area contributed by atoms with E-state index < -0.39 is 0 Å². The maximum absolute atomic E-state index is 6.03. The van der Waals surface area contributed by atoms with E-state index in [4.69, 9.17) is 5.73 Å². The highest BCUT2D eigenvalue weighted by molar-refractivity contribution is 7.99. The van der Waals surface area contributed by atoms with Gasteiger partial charge in [-0.05, 0) is 12.8 Å². The van der Waals surface area contributed by atoms with Crippen LogP contribution in [0.25, 0.3) is 0 Å². The van der Waals surface area contributed by atoms with Crippen molar-refractivity contribution in [3.05, 3.63) is 16.6 Å². The number of nitrogens with two attached hydrogens (primary N) is 1. The number of rotatable bonds is 6. The van der Waals surface area contributed by atoms with Gasteiger partial charge in [-0.25, -0.2) is 0 Å². The van der Waals surface area contributed by atoms with E-state index in [-0.39, 0.29) is 6.04 Å². The van der Waals surface area contributed by atoms with Gasteiger partial charge < -0.3 is 5.73 Å². The summed E-state index contributed by atoms with van der Waals surface area (Å²) in [5, 5.41) is 0.725. The molecule has 0 radical (unpaired) electrons. The Balaban J connectivity index is 2.19. The lowest BCUT2D eigenvalue weighted by atomic mass is 10.2. The molecule has 0 aromatic carbocycles. The number of nitrogens with zero attached hydrogens (tertiary/aromatic N) is 1. The molecular weight excluding hydrogens is 212 g/mol. The molecule has 0 bridgehead atoms. The van der Waals surface area contributed by atoms with Gasteiger partial charge in [-0.15, -0.1) is 11.3 Å². The van der Waals surface area contributed by atoms with Gasteiger partial charge in [0, 0.05) is 28.1 Å². The molecule has 2 N–H and O–H groups in total. The molecule has 0 saturated carbocycles.